The third kappa shape index (κ3) is 1.87. The average Bonchev–Trinajstić information content (AvgIpc) is 2.81. The van der Waals surface area contributed by atoms with E-state index in [0.29, 0.717) is 6.54 Å². The van der Waals surface area contributed by atoms with E-state index in [0.717, 1.165) is 22.3 Å². The van der Waals surface area contributed by atoms with Crippen LogP contribution in [0.2, 0.25) is 0 Å². The van der Waals surface area contributed by atoms with Crippen LogP contribution in [0.5, 0.6) is 0 Å². The standard InChI is InChI=1S/C14H12FN3/c15-12-3-1-2-10(4-12)11-5-14-6-13(7-16)17-9-18(14)8-11/h1-6,8-9H,7,16H2. The highest BCUT2D eigenvalue weighted by molar-refractivity contribution is 5.70. The summed E-state index contributed by atoms with van der Waals surface area (Å²) in [5.41, 5.74) is 9.22. The number of hydrogen-bond donors (Lipinski definition) is 1. The predicted octanol–water partition coefficient (Wildman–Crippen LogP) is 2.60. The molecule has 90 valence electrons. The van der Waals surface area contributed by atoms with Gasteiger partial charge in [0, 0.05) is 23.8 Å². The fourth-order valence-corrected chi connectivity index (χ4v) is 1.99. The van der Waals surface area contributed by atoms with Gasteiger partial charge in [-0.15, -0.1) is 0 Å². The number of aromatic nitrogens is 2. The van der Waals surface area contributed by atoms with Gasteiger partial charge in [-0.25, -0.2) is 9.37 Å². The smallest absolute Gasteiger partial charge is 0.123 e. The van der Waals surface area contributed by atoms with Crippen LogP contribution in [-0.2, 0) is 6.54 Å². The molecule has 0 saturated carbocycles. The molecule has 0 radical (unpaired) electrons. The molecule has 0 spiro atoms. The lowest BCUT2D eigenvalue weighted by Crippen LogP contribution is -2.00. The first kappa shape index (κ1) is 10.9. The number of hydrogen-bond acceptors (Lipinski definition) is 2. The van der Waals surface area contributed by atoms with Crippen LogP contribution in [0.4, 0.5) is 4.39 Å². The van der Waals surface area contributed by atoms with Gasteiger partial charge in [0.05, 0.1) is 12.0 Å². The van der Waals surface area contributed by atoms with Crippen LogP contribution < -0.4 is 5.73 Å². The van der Waals surface area contributed by atoms with E-state index in [2.05, 4.69) is 4.98 Å². The molecule has 0 amide bonds. The van der Waals surface area contributed by atoms with Crippen molar-refractivity contribution in [2.45, 2.75) is 6.54 Å². The summed E-state index contributed by atoms with van der Waals surface area (Å²) in [4.78, 5) is 4.21. The van der Waals surface area contributed by atoms with Crippen molar-refractivity contribution in [3.63, 3.8) is 0 Å². The summed E-state index contributed by atoms with van der Waals surface area (Å²) in [5.74, 6) is -0.233. The zero-order valence-electron chi connectivity index (χ0n) is 9.68. The third-order valence-electron chi connectivity index (χ3n) is 2.91. The van der Waals surface area contributed by atoms with E-state index in [1.54, 1.807) is 12.4 Å². The second-order valence-electron chi connectivity index (χ2n) is 4.16. The molecule has 3 nitrogen and oxygen atoms in total. The maximum absolute atomic E-state index is 13.2. The third-order valence-corrected chi connectivity index (χ3v) is 2.91. The van der Waals surface area contributed by atoms with Crippen LogP contribution in [0, 0.1) is 5.82 Å². The van der Waals surface area contributed by atoms with Gasteiger partial charge in [0.2, 0.25) is 0 Å². The number of rotatable bonds is 2. The summed E-state index contributed by atoms with van der Waals surface area (Å²) in [6.45, 7) is 0.414. The second-order valence-corrected chi connectivity index (χ2v) is 4.16. The highest BCUT2D eigenvalue weighted by Gasteiger charge is 2.04. The SMILES string of the molecule is NCc1cc2cc(-c3cccc(F)c3)cn2cn1. The molecule has 18 heavy (non-hydrogen) atoms. The summed E-state index contributed by atoms with van der Waals surface area (Å²) >= 11 is 0. The molecule has 2 N–H and O–H groups in total. The first-order chi connectivity index (χ1) is 8.76. The van der Waals surface area contributed by atoms with E-state index >= 15 is 0 Å². The van der Waals surface area contributed by atoms with Crippen molar-refractivity contribution in [3.05, 3.63) is 60.4 Å². The van der Waals surface area contributed by atoms with Crippen LogP contribution in [-0.4, -0.2) is 9.38 Å². The highest BCUT2D eigenvalue weighted by Crippen LogP contribution is 2.23. The first-order valence-electron chi connectivity index (χ1n) is 5.69. The van der Waals surface area contributed by atoms with E-state index in [9.17, 15) is 4.39 Å². The lowest BCUT2D eigenvalue weighted by atomic mass is 10.1. The largest absolute Gasteiger partial charge is 0.325 e. The average molecular weight is 241 g/mol. The van der Waals surface area contributed by atoms with E-state index in [4.69, 9.17) is 5.73 Å². The van der Waals surface area contributed by atoms with Crippen molar-refractivity contribution in [1.29, 1.82) is 0 Å². The molecule has 0 unspecified atom stereocenters. The van der Waals surface area contributed by atoms with Crippen LogP contribution in [0.25, 0.3) is 16.6 Å². The molecule has 0 aliphatic carbocycles. The van der Waals surface area contributed by atoms with Crippen LogP contribution in [0.3, 0.4) is 0 Å². The Bertz CT molecular complexity index is 703. The molecular weight excluding hydrogens is 229 g/mol. The van der Waals surface area contributed by atoms with Crippen LogP contribution >= 0.6 is 0 Å². The summed E-state index contributed by atoms with van der Waals surface area (Å²) < 4.78 is 15.1. The normalized spacial score (nSPS) is 11.0. The van der Waals surface area contributed by atoms with Crippen molar-refractivity contribution in [1.82, 2.24) is 9.38 Å². The Morgan fingerprint density at radius 2 is 2.06 bits per heavy atom. The lowest BCUT2D eigenvalue weighted by molar-refractivity contribution is 0.628. The van der Waals surface area contributed by atoms with Crippen molar-refractivity contribution >= 4 is 5.52 Å². The Hall–Kier alpha value is -2.20. The minimum absolute atomic E-state index is 0.233. The van der Waals surface area contributed by atoms with Gasteiger partial charge >= 0.3 is 0 Å². The summed E-state index contributed by atoms with van der Waals surface area (Å²) in [6.07, 6.45) is 3.65. The molecule has 0 bridgehead atoms. The Morgan fingerprint density at radius 3 is 2.83 bits per heavy atom. The van der Waals surface area contributed by atoms with Crippen molar-refractivity contribution in [3.8, 4) is 11.1 Å². The van der Waals surface area contributed by atoms with E-state index in [1.807, 2.05) is 28.8 Å². The first-order valence-corrected chi connectivity index (χ1v) is 5.69. The van der Waals surface area contributed by atoms with Gasteiger partial charge in [-0.1, -0.05) is 12.1 Å². The summed E-state index contributed by atoms with van der Waals surface area (Å²) in [5, 5.41) is 0. The second kappa shape index (κ2) is 4.23. The molecular formula is C14H12FN3. The Kier molecular flexibility index (Phi) is 2.57. The highest BCUT2D eigenvalue weighted by atomic mass is 19.1. The van der Waals surface area contributed by atoms with Crippen LogP contribution in [0.15, 0.2) is 48.9 Å². The molecule has 2 aromatic heterocycles. The molecule has 2 heterocycles. The number of fused-ring (bicyclic) bond motifs is 1. The van der Waals surface area contributed by atoms with Gasteiger partial charge in [0.15, 0.2) is 0 Å². The van der Waals surface area contributed by atoms with Crippen LogP contribution in [0.1, 0.15) is 5.69 Å². The molecule has 0 atom stereocenters. The molecule has 0 fully saturated rings. The van der Waals surface area contributed by atoms with Gasteiger partial charge in [0.1, 0.15) is 5.82 Å². The number of benzene rings is 1. The van der Waals surface area contributed by atoms with Crippen molar-refractivity contribution < 1.29 is 4.39 Å². The molecule has 0 saturated heterocycles. The van der Waals surface area contributed by atoms with Gasteiger partial charge in [0.25, 0.3) is 0 Å². The Morgan fingerprint density at radius 1 is 1.17 bits per heavy atom. The number of halogens is 1. The molecule has 3 aromatic rings. The van der Waals surface area contributed by atoms with Gasteiger partial charge < -0.3 is 10.1 Å². The zero-order chi connectivity index (χ0) is 12.5. The zero-order valence-corrected chi connectivity index (χ0v) is 9.68. The molecule has 0 aliphatic heterocycles. The van der Waals surface area contributed by atoms with Gasteiger partial charge in [-0.2, -0.15) is 0 Å². The fourth-order valence-electron chi connectivity index (χ4n) is 1.99. The monoisotopic (exact) mass is 241 g/mol. The predicted molar refractivity (Wildman–Crippen MR) is 68.5 cm³/mol. The Labute approximate surface area is 104 Å². The molecule has 1 aromatic carbocycles. The summed E-state index contributed by atoms with van der Waals surface area (Å²) in [7, 11) is 0. The van der Waals surface area contributed by atoms with E-state index in [-0.39, 0.29) is 5.82 Å². The quantitative estimate of drug-likeness (QED) is 0.749. The molecule has 0 aliphatic rings. The lowest BCUT2D eigenvalue weighted by Gasteiger charge is -1.96. The topological polar surface area (TPSA) is 43.3 Å². The maximum Gasteiger partial charge on any atom is 0.123 e. The maximum atomic E-state index is 13.2. The van der Waals surface area contributed by atoms with Crippen molar-refractivity contribution in [2.24, 2.45) is 5.73 Å². The minimum Gasteiger partial charge on any atom is -0.325 e. The van der Waals surface area contributed by atoms with Gasteiger partial charge in [-0.3, -0.25) is 0 Å². The fraction of sp³-hybridized carbons (Fsp3) is 0.0714. The molecule has 4 heteroatoms. The number of nitrogens with zero attached hydrogens (tertiary/aromatic N) is 2. The minimum atomic E-state index is -0.233. The van der Waals surface area contributed by atoms with Gasteiger partial charge in [-0.05, 0) is 29.8 Å². The van der Waals surface area contributed by atoms with E-state index < -0.39 is 0 Å². The Balaban J connectivity index is 2.13. The molecule has 3 rings (SSSR count). The number of nitrogens with two attached hydrogens (primary N) is 1. The summed E-state index contributed by atoms with van der Waals surface area (Å²) in [6, 6.07) is 10.5. The van der Waals surface area contributed by atoms with Crippen molar-refractivity contribution in [2.75, 3.05) is 0 Å². The van der Waals surface area contributed by atoms with E-state index in [1.165, 1.54) is 12.1 Å².